The van der Waals surface area contributed by atoms with Gasteiger partial charge in [-0.15, -0.1) is 11.8 Å². The van der Waals surface area contributed by atoms with Crippen LogP contribution in [0.25, 0.3) is 6.08 Å². The van der Waals surface area contributed by atoms with E-state index in [4.69, 9.17) is 4.74 Å². The number of carbonyl (C=O) groups is 1. The molecule has 1 N–H and O–H groups in total. The Kier molecular flexibility index (Phi) is 7.03. The summed E-state index contributed by atoms with van der Waals surface area (Å²) in [5.41, 5.74) is 1.64. The molecule has 2 rings (SSSR count). The Labute approximate surface area is 145 Å². The topological polar surface area (TPSA) is 38.3 Å². The molecule has 0 aromatic heterocycles. The van der Waals surface area contributed by atoms with E-state index >= 15 is 0 Å². The largest absolute Gasteiger partial charge is 0.375 e. The molecule has 0 aliphatic carbocycles. The number of amides is 1. The summed E-state index contributed by atoms with van der Waals surface area (Å²) in [6.45, 7) is 0.272. The van der Waals surface area contributed by atoms with Gasteiger partial charge in [0, 0.05) is 24.6 Å². The number of halogens is 1. The normalized spacial score (nSPS) is 12.3. The van der Waals surface area contributed by atoms with Crippen LogP contribution < -0.4 is 5.32 Å². The first-order chi connectivity index (χ1) is 11.6. The van der Waals surface area contributed by atoms with Crippen molar-refractivity contribution in [2.75, 3.05) is 19.9 Å². The number of carbonyl (C=O) groups excluding carboxylic acids is 1. The second-order valence-corrected chi connectivity index (χ2v) is 6.01. The minimum atomic E-state index is -0.390. The third-order valence-corrected chi connectivity index (χ3v) is 4.25. The smallest absolute Gasteiger partial charge is 0.244 e. The van der Waals surface area contributed by atoms with E-state index in [1.807, 2.05) is 30.5 Å². The van der Waals surface area contributed by atoms with Gasteiger partial charge in [-0.05, 0) is 47.7 Å². The molecule has 0 radical (unpaired) electrons. The lowest BCUT2D eigenvalue weighted by molar-refractivity contribution is -0.117. The number of nitrogens with one attached hydrogen (secondary N) is 1. The van der Waals surface area contributed by atoms with Gasteiger partial charge >= 0.3 is 0 Å². The quantitative estimate of drug-likeness (QED) is 0.607. The van der Waals surface area contributed by atoms with Crippen LogP contribution in [0.5, 0.6) is 0 Å². The predicted molar refractivity (Wildman–Crippen MR) is 96.4 cm³/mol. The lowest BCUT2D eigenvalue weighted by atomic mass is 10.1. The van der Waals surface area contributed by atoms with Gasteiger partial charge in [-0.2, -0.15) is 0 Å². The Hall–Kier alpha value is -2.11. The molecular formula is C19H20FNO2S. The molecule has 1 amide bonds. The van der Waals surface area contributed by atoms with Crippen molar-refractivity contribution in [3.05, 3.63) is 71.6 Å². The van der Waals surface area contributed by atoms with Crippen LogP contribution in [0.15, 0.2) is 59.5 Å². The minimum absolute atomic E-state index is 0.220. The predicted octanol–water partition coefficient (Wildman–Crippen LogP) is 4.06. The van der Waals surface area contributed by atoms with Crippen LogP contribution in [0.4, 0.5) is 4.39 Å². The number of benzene rings is 2. The summed E-state index contributed by atoms with van der Waals surface area (Å²) in [6.07, 6.45) is 4.86. The molecule has 2 aromatic rings. The zero-order valence-corrected chi connectivity index (χ0v) is 14.5. The molecule has 3 nitrogen and oxygen atoms in total. The van der Waals surface area contributed by atoms with Gasteiger partial charge in [-0.1, -0.05) is 24.3 Å². The van der Waals surface area contributed by atoms with Crippen LogP contribution in [-0.4, -0.2) is 25.8 Å². The number of ether oxygens (including phenoxy) is 1. The number of methoxy groups -OCH3 is 1. The van der Waals surface area contributed by atoms with E-state index in [2.05, 4.69) is 5.32 Å². The molecule has 24 heavy (non-hydrogen) atoms. The van der Waals surface area contributed by atoms with Crippen molar-refractivity contribution in [1.29, 1.82) is 0 Å². The molecule has 5 heteroatoms. The highest BCUT2D eigenvalue weighted by atomic mass is 32.2. The van der Waals surface area contributed by atoms with E-state index in [1.165, 1.54) is 30.2 Å². The molecule has 0 heterocycles. The molecular weight excluding hydrogens is 325 g/mol. The molecule has 0 fully saturated rings. The average molecular weight is 345 g/mol. The maximum Gasteiger partial charge on any atom is 0.244 e. The Morgan fingerprint density at radius 1 is 1.29 bits per heavy atom. The molecule has 0 saturated heterocycles. The van der Waals surface area contributed by atoms with Gasteiger partial charge in [0.25, 0.3) is 0 Å². The van der Waals surface area contributed by atoms with Crippen molar-refractivity contribution in [2.45, 2.75) is 11.0 Å². The van der Waals surface area contributed by atoms with Crippen LogP contribution in [0.3, 0.4) is 0 Å². The summed E-state index contributed by atoms with van der Waals surface area (Å²) in [7, 11) is 1.53. The lowest BCUT2D eigenvalue weighted by Gasteiger charge is -2.16. The van der Waals surface area contributed by atoms with Crippen LogP contribution in [0.1, 0.15) is 17.2 Å². The first kappa shape index (κ1) is 18.2. The van der Waals surface area contributed by atoms with Crippen LogP contribution in [0.2, 0.25) is 0 Å². The maximum atomic E-state index is 13.3. The van der Waals surface area contributed by atoms with E-state index in [0.717, 1.165) is 5.56 Å². The third kappa shape index (κ3) is 5.51. The van der Waals surface area contributed by atoms with Crippen LogP contribution in [-0.2, 0) is 9.53 Å². The molecule has 0 unspecified atom stereocenters. The lowest BCUT2D eigenvalue weighted by Crippen LogP contribution is -2.27. The Bertz CT molecular complexity index is 701. The summed E-state index contributed by atoms with van der Waals surface area (Å²) >= 11 is 1.67. The van der Waals surface area contributed by atoms with Gasteiger partial charge in [0.15, 0.2) is 0 Å². The molecule has 1 atom stereocenters. The maximum absolute atomic E-state index is 13.3. The molecule has 0 saturated carbocycles. The van der Waals surface area contributed by atoms with Gasteiger partial charge in [-0.25, -0.2) is 4.39 Å². The number of hydrogen-bond acceptors (Lipinski definition) is 3. The van der Waals surface area contributed by atoms with E-state index in [9.17, 15) is 9.18 Å². The van der Waals surface area contributed by atoms with Crippen molar-refractivity contribution in [3.63, 3.8) is 0 Å². The zero-order valence-electron chi connectivity index (χ0n) is 13.7. The zero-order chi connectivity index (χ0) is 17.4. The highest BCUT2D eigenvalue weighted by Gasteiger charge is 2.11. The fourth-order valence-corrected chi connectivity index (χ4v) is 2.59. The number of hydrogen-bond donors (Lipinski definition) is 1. The van der Waals surface area contributed by atoms with E-state index in [-0.39, 0.29) is 24.4 Å². The van der Waals surface area contributed by atoms with E-state index in [1.54, 1.807) is 30.0 Å². The van der Waals surface area contributed by atoms with Crippen molar-refractivity contribution in [1.82, 2.24) is 5.32 Å². The minimum Gasteiger partial charge on any atom is -0.375 e. The monoisotopic (exact) mass is 345 g/mol. The molecule has 0 aliphatic heterocycles. The summed E-state index contributed by atoms with van der Waals surface area (Å²) in [5.74, 6) is -0.545. The highest BCUT2D eigenvalue weighted by Crippen LogP contribution is 2.17. The molecule has 126 valence electrons. The fourth-order valence-electron chi connectivity index (χ4n) is 2.18. The first-order valence-electron chi connectivity index (χ1n) is 7.50. The fraction of sp³-hybridized carbons (Fsp3) is 0.211. The molecule has 0 aliphatic rings. The van der Waals surface area contributed by atoms with Crippen molar-refractivity contribution >= 4 is 23.7 Å². The second-order valence-electron chi connectivity index (χ2n) is 5.13. The Morgan fingerprint density at radius 3 is 2.67 bits per heavy atom. The Balaban J connectivity index is 1.90. The van der Waals surface area contributed by atoms with Gasteiger partial charge < -0.3 is 10.1 Å². The summed E-state index contributed by atoms with van der Waals surface area (Å²) in [6, 6.07) is 14.1. The summed E-state index contributed by atoms with van der Waals surface area (Å²) in [5, 5.41) is 2.77. The number of thioether (sulfide) groups is 1. The van der Waals surface area contributed by atoms with Crippen LogP contribution >= 0.6 is 11.8 Å². The van der Waals surface area contributed by atoms with Gasteiger partial charge in [0.2, 0.25) is 5.91 Å². The molecule has 0 bridgehead atoms. The van der Waals surface area contributed by atoms with E-state index in [0.29, 0.717) is 5.56 Å². The SMILES string of the molecule is CO[C@@H](CNC(=O)/C=C/c1ccc(SC)cc1)c1cccc(F)c1. The second kappa shape index (κ2) is 9.25. The first-order valence-corrected chi connectivity index (χ1v) is 8.73. The average Bonchev–Trinajstić information content (AvgIpc) is 2.61. The van der Waals surface area contributed by atoms with Crippen molar-refractivity contribution in [3.8, 4) is 0 Å². The summed E-state index contributed by atoms with van der Waals surface area (Å²) < 4.78 is 18.6. The highest BCUT2D eigenvalue weighted by molar-refractivity contribution is 7.98. The van der Waals surface area contributed by atoms with Crippen molar-refractivity contribution < 1.29 is 13.9 Å². The third-order valence-electron chi connectivity index (χ3n) is 3.51. The van der Waals surface area contributed by atoms with Crippen LogP contribution in [0, 0.1) is 5.82 Å². The summed E-state index contributed by atoms with van der Waals surface area (Å²) in [4.78, 5) is 13.1. The van der Waals surface area contributed by atoms with Gasteiger partial charge in [0.05, 0.1) is 6.10 Å². The van der Waals surface area contributed by atoms with Gasteiger partial charge in [0.1, 0.15) is 5.82 Å². The van der Waals surface area contributed by atoms with Gasteiger partial charge in [-0.3, -0.25) is 4.79 Å². The van der Waals surface area contributed by atoms with E-state index < -0.39 is 0 Å². The molecule has 2 aromatic carbocycles. The molecule has 0 spiro atoms. The standard InChI is InChI=1S/C19H20FNO2S/c1-23-18(15-4-3-5-16(20)12-15)13-21-19(22)11-8-14-6-9-17(24-2)10-7-14/h3-12,18H,13H2,1-2H3,(H,21,22)/b11-8+/t18-/m0/s1. The number of rotatable bonds is 7. The Morgan fingerprint density at radius 2 is 2.04 bits per heavy atom. The van der Waals surface area contributed by atoms with Crippen molar-refractivity contribution in [2.24, 2.45) is 0 Å².